The van der Waals surface area contributed by atoms with Gasteiger partial charge in [0.05, 0.1) is 29.6 Å². The van der Waals surface area contributed by atoms with Gasteiger partial charge in [0.1, 0.15) is 0 Å². The first-order valence-corrected chi connectivity index (χ1v) is 12.7. The maximum Gasteiger partial charge on any atom is 0.274 e. The lowest BCUT2D eigenvalue weighted by molar-refractivity contribution is -0.385. The molecule has 6 heteroatoms. The van der Waals surface area contributed by atoms with Crippen molar-refractivity contribution >= 4 is 17.5 Å². The summed E-state index contributed by atoms with van der Waals surface area (Å²) in [5, 5.41) is 11.6. The Morgan fingerprint density at radius 3 is 2.21 bits per heavy atom. The second-order valence-electron chi connectivity index (χ2n) is 10.5. The zero-order chi connectivity index (χ0) is 26.2. The number of rotatable bonds is 3. The van der Waals surface area contributed by atoms with Gasteiger partial charge in [-0.2, -0.15) is 0 Å². The molecule has 0 bridgehead atoms. The molecular formula is C32H26N2O4. The van der Waals surface area contributed by atoms with Crippen LogP contribution in [0.1, 0.15) is 42.1 Å². The molecule has 7 rings (SSSR count). The van der Waals surface area contributed by atoms with Gasteiger partial charge in [0, 0.05) is 17.3 Å². The van der Waals surface area contributed by atoms with Crippen LogP contribution in [0.15, 0.2) is 91.0 Å². The van der Waals surface area contributed by atoms with Crippen LogP contribution in [0.25, 0.3) is 17.2 Å². The highest BCUT2D eigenvalue weighted by atomic mass is 16.6. The monoisotopic (exact) mass is 502 g/mol. The number of nitro groups is 1. The molecule has 4 aromatic carbocycles. The third kappa shape index (κ3) is 2.77. The van der Waals surface area contributed by atoms with Crippen LogP contribution in [-0.2, 0) is 5.41 Å². The van der Waals surface area contributed by atoms with Gasteiger partial charge >= 0.3 is 0 Å². The molecule has 0 fully saturated rings. The van der Waals surface area contributed by atoms with Gasteiger partial charge in [-0.25, -0.2) is 0 Å². The van der Waals surface area contributed by atoms with E-state index in [4.69, 9.17) is 9.47 Å². The Labute approximate surface area is 220 Å². The van der Waals surface area contributed by atoms with E-state index in [0.717, 1.165) is 5.69 Å². The molecule has 0 aromatic heterocycles. The number of benzene rings is 4. The second kappa shape index (κ2) is 7.71. The molecule has 2 aliphatic heterocycles. The summed E-state index contributed by atoms with van der Waals surface area (Å²) in [6.45, 7) is 4.40. The van der Waals surface area contributed by atoms with Gasteiger partial charge in [-0.15, -0.1) is 0 Å². The number of hydrogen-bond donors (Lipinski definition) is 0. The summed E-state index contributed by atoms with van der Waals surface area (Å²) in [6, 6.07) is 28.5. The Bertz CT molecular complexity index is 1630. The SMILES string of the molecule is COc1cc([N+](=O)[O-])cc2c1OC1(C=C2)N(C2c3ccccc3-c3ccccc32)c2ccccc2C1(C)C. The number of anilines is 1. The van der Waals surface area contributed by atoms with E-state index in [1.54, 1.807) is 6.07 Å². The van der Waals surface area contributed by atoms with Crippen LogP contribution in [-0.4, -0.2) is 17.8 Å². The number of nitrogens with zero attached hydrogens (tertiary/aromatic N) is 2. The van der Waals surface area contributed by atoms with E-state index in [2.05, 4.69) is 97.6 Å². The number of nitro benzene ring substituents is 1. The fourth-order valence-electron chi connectivity index (χ4n) is 6.58. The zero-order valence-electron chi connectivity index (χ0n) is 21.3. The molecule has 188 valence electrons. The van der Waals surface area contributed by atoms with E-state index in [-0.39, 0.29) is 11.7 Å². The minimum Gasteiger partial charge on any atom is -0.493 e. The maximum atomic E-state index is 11.6. The van der Waals surface area contributed by atoms with Crippen molar-refractivity contribution in [3.05, 3.63) is 123 Å². The first kappa shape index (κ1) is 22.6. The molecule has 0 N–H and O–H groups in total. The molecule has 1 spiro atoms. The van der Waals surface area contributed by atoms with Gasteiger partial charge in [-0.05, 0) is 59.9 Å². The Hall–Kier alpha value is -4.58. The molecule has 4 aromatic rings. The Morgan fingerprint density at radius 1 is 0.921 bits per heavy atom. The zero-order valence-corrected chi connectivity index (χ0v) is 21.3. The van der Waals surface area contributed by atoms with E-state index in [1.165, 1.54) is 41.0 Å². The lowest BCUT2D eigenvalue weighted by Gasteiger charge is -2.49. The fraction of sp³-hybridized carbons (Fsp3) is 0.188. The normalized spacial score (nSPS) is 19.9. The molecule has 1 aliphatic carbocycles. The van der Waals surface area contributed by atoms with Crippen LogP contribution in [0, 0.1) is 10.1 Å². The molecule has 6 nitrogen and oxygen atoms in total. The van der Waals surface area contributed by atoms with E-state index < -0.39 is 16.1 Å². The quantitative estimate of drug-likeness (QED) is 0.218. The number of fused-ring (bicyclic) bond motifs is 5. The maximum absolute atomic E-state index is 11.6. The number of hydrogen-bond acceptors (Lipinski definition) is 5. The summed E-state index contributed by atoms with van der Waals surface area (Å²) < 4.78 is 12.7. The highest BCUT2D eigenvalue weighted by Gasteiger charge is 2.62. The number of methoxy groups -OCH3 is 1. The number of non-ortho nitro benzene ring substituents is 1. The standard InChI is InChI=1S/C32H26N2O4/c1-31(2)26-14-8-9-15-27(26)33(29-24-12-6-4-10-22(24)23-11-5-7-13-25(23)29)32(31)17-16-20-18-21(34(35)36)19-28(37-3)30(20)38-32/h4-19,29H,1-3H3. The first-order valence-electron chi connectivity index (χ1n) is 12.7. The molecule has 0 saturated carbocycles. The molecule has 38 heavy (non-hydrogen) atoms. The van der Waals surface area contributed by atoms with Crippen molar-refractivity contribution < 1.29 is 14.4 Å². The minimum atomic E-state index is -0.928. The van der Waals surface area contributed by atoms with Crippen LogP contribution in [0.2, 0.25) is 0 Å². The van der Waals surface area contributed by atoms with Crippen LogP contribution >= 0.6 is 0 Å². The summed E-state index contributed by atoms with van der Waals surface area (Å²) in [4.78, 5) is 13.6. The summed E-state index contributed by atoms with van der Waals surface area (Å²) in [5.74, 6) is 0.850. The molecule has 3 aliphatic rings. The molecule has 1 unspecified atom stereocenters. The van der Waals surface area contributed by atoms with Crippen LogP contribution in [0.4, 0.5) is 11.4 Å². The van der Waals surface area contributed by atoms with Crippen molar-refractivity contribution in [3.8, 4) is 22.6 Å². The second-order valence-corrected chi connectivity index (χ2v) is 10.5. The highest BCUT2D eigenvalue weighted by molar-refractivity contribution is 5.84. The topological polar surface area (TPSA) is 64.8 Å². The van der Waals surface area contributed by atoms with E-state index in [1.807, 2.05) is 6.08 Å². The predicted molar refractivity (Wildman–Crippen MR) is 148 cm³/mol. The van der Waals surface area contributed by atoms with E-state index >= 15 is 0 Å². The Kier molecular flexibility index (Phi) is 4.59. The highest BCUT2D eigenvalue weighted by Crippen LogP contribution is 2.61. The molecule has 2 heterocycles. The summed E-state index contributed by atoms with van der Waals surface area (Å²) in [7, 11) is 1.52. The van der Waals surface area contributed by atoms with Gasteiger partial charge in [0.25, 0.3) is 5.69 Å². The lowest BCUT2D eigenvalue weighted by Crippen LogP contribution is -2.60. The van der Waals surface area contributed by atoms with Crippen molar-refractivity contribution in [2.75, 3.05) is 12.0 Å². The third-order valence-electron chi connectivity index (χ3n) is 8.39. The summed E-state index contributed by atoms with van der Waals surface area (Å²) >= 11 is 0. The third-order valence-corrected chi connectivity index (χ3v) is 8.39. The molecule has 0 saturated heterocycles. The van der Waals surface area contributed by atoms with Crippen molar-refractivity contribution in [1.82, 2.24) is 0 Å². The van der Waals surface area contributed by atoms with Crippen molar-refractivity contribution in [1.29, 1.82) is 0 Å². The van der Waals surface area contributed by atoms with Gasteiger partial charge < -0.3 is 14.4 Å². The first-order chi connectivity index (χ1) is 18.4. The van der Waals surface area contributed by atoms with Gasteiger partial charge in [-0.1, -0.05) is 66.7 Å². The largest absolute Gasteiger partial charge is 0.493 e. The number of para-hydroxylation sites is 1. The minimum absolute atomic E-state index is 0.0331. The smallest absolute Gasteiger partial charge is 0.274 e. The average Bonchev–Trinajstić information content (AvgIpc) is 3.35. The molecule has 1 atom stereocenters. The summed E-state index contributed by atoms with van der Waals surface area (Å²) in [5.41, 5.74) is 6.35. The van der Waals surface area contributed by atoms with Crippen molar-refractivity contribution in [2.45, 2.75) is 31.0 Å². The predicted octanol–water partition coefficient (Wildman–Crippen LogP) is 7.27. The van der Waals surface area contributed by atoms with Gasteiger partial charge in [-0.3, -0.25) is 10.1 Å². The number of ether oxygens (including phenoxy) is 2. The average molecular weight is 503 g/mol. The van der Waals surface area contributed by atoms with Crippen LogP contribution in [0.3, 0.4) is 0 Å². The van der Waals surface area contributed by atoms with Crippen LogP contribution < -0.4 is 14.4 Å². The van der Waals surface area contributed by atoms with E-state index in [0.29, 0.717) is 17.1 Å². The molecule has 0 amide bonds. The van der Waals surface area contributed by atoms with Gasteiger partial charge in [0.2, 0.25) is 5.72 Å². The molecular weight excluding hydrogens is 476 g/mol. The molecule has 0 radical (unpaired) electrons. The lowest BCUT2D eigenvalue weighted by atomic mass is 9.76. The van der Waals surface area contributed by atoms with E-state index in [9.17, 15) is 10.1 Å². The van der Waals surface area contributed by atoms with Crippen molar-refractivity contribution in [3.63, 3.8) is 0 Å². The summed E-state index contributed by atoms with van der Waals surface area (Å²) in [6.07, 6.45) is 4.02. The Morgan fingerprint density at radius 2 is 1.55 bits per heavy atom. The van der Waals surface area contributed by atoms with Crippen LogP contribution in [0.5, 0.6) is 11.5 Å². The Balaban J connectivity index is 1.50. The fourth-order valence-corrected chi connectivity index (χ4v) is 6.58. The van der Waals surface area contributed by atoms with Gasteiger partial charge in [0.15, 0.2) is 11.5 Å². The van der Waals surface area contributed by atoms with Crippen molar-refractivity contribution in [2.24, 2.45) is 0 Å².